The predicted octanol–water partition coefficient (Wildman–Crippen LogP) is 0.0139. The van der Waals surface area contributed by atoms with Crippen LogP contribution in [0.15, 0.2) is 0 Å². The van der Waals surface area contributed by atoms with E-state index in [0.717, 1.165) is 24.5 Å². The van der Waals surface area contributed by atoms with Crippen LogP contribution in [0, 0.1) is 13.8 Å². The smallest absolute Gasteiger partial charge is 0.269 e. The summed E-state index contributed by atoms with van der Waals surface area (Å²) in [6.07, 6.45) is 0. The highest BCUT2D eigenvalue weighted by Crippen LogP contribution is 2.11. The molecular formula is C11H18N4O2. The molecule has 0 spiro atoms. The monoisotopic (exact) mass is 238 g/mol. The van der Waals surface area contributed by atoms with Crippen LogP contribution in [0.2, 0.25) is 0 Å². The number of carbonyl (C=O) groups excluding carboxylic acids is 1. The fraction of sp³-hybridized carbons (Fsp3) is 0.636. The Balaban J connectivity index is 2.08. The Bertz CT molecular complexity index is 421. The summed E-state index contributed by atoms with van der Waals surface area (Å²) in [6.45, 7) is 6.51. The number of nitrogens with one attached hydrogen (secondary N) is 1. The Morgan fingerprint density at radius 2 is 2.00 bits per heavy atom. The molecule has 1 aromatic rings. The van der Waals surface area contributed by atoms with E-state index in [9.17, 15) is 4.79 Å². The van der Waals surface area contributed by atoms with Crippen molar-refractivity contribution in [1.82, 2.24) is 20.2 Å². The van der Waals surface area contributed by atoms with E-state index in [1.165, 1.54) is 0 Å². The van der Waals surface area contributed by atoms with E-state index in [0.29, 0.717) is 18.8 Å². The molecule has 1 N–H and O–H groups in total. The Labute approximate surface area is 101 Å². The van der Waals surface area contributed by atoms with Crippen molar-refractivity contribution in [1.29, 1.82) is 0 Å². The van der Waals surface area contributed by atoms with Gasteiger partial charge in [0.15, 0.2) is 0 Å². The number of ether oxygens (including phenoxy) is 1. The van der Waals surface area contributed by atoms with Crippen molar-refractivity contribution in [2.24, 2.45) is 7.05 Å². The van der Waals surface area contributed by atoms with Gasteiger partial charge in [0.1, 0.15) is 0 Å². The molecule has 1 aliphatic heterocycles. The van der Waals surface area contributed by atoms with Gasteiger partial charge in [0.2, 0.25) is 0 Å². The van der Waals surface area contributed by atoms with Crippen molar-refractivity contribution in [2.75, 3.05) is 26.3 Å². The van der Waals surface area contributed by atoms with E-state index in [1.807, 2.05) is 25.9 Å². The minimum absolute atomic E-state index is 0.0880. The van der Waals surface area contributed by atoms with Crippen molar-refractivity contribution in [3.63, 3.8) is 0 Å². The molecular weight excluding hydrogens is 220 g/mol. The number of morpholine rings is 1. The largest absolute Gasteiger partial charge is 0.379 e. The highest BCUT2D eigenvalue weighted by molar-refractivity contribution is 5.96. The SMILES string of the molecule is Cc1nn(C)c(C)c1C(=O)NN1CCOCC1. The van der Waals surface area contributed by atoms with Gasteiger partial charge in [-0.25, -0.2) is 5.01 Å². The first kappa shape index (κ1) is 12.1. The molecule has 17 heavy (non-hydrogen) atoms. The summed E-state index contributed by atoms with van der Waals surface area (Å²) in [6, 6.07) is 0. The molecule has 1 aliphatic rings. The molecule has 0 saturated carbocycles. The van der Waals surface area contributed by atoms with Gasteiger partial charge in [0, 0.05) is 25.8 Å². The van der Waals surface area contributed by atoms with Crippen LogP contribution >= 0.6 is 0 Å². The van der Waals surface area contributed by atoms with E-state index in [2.05, 4.69) is 10.5 Å². The maximum atomic E-state index is 12.1. The zero-order valence-electron chi connectivity index (χ0n) is 10.5. The van der Waals surface area contributed by atoms with Crippen molar-refractivity contribution in [3.05, 3.63) is 17.0 Å². The number of carbonyl (C=O) groups is 1. The van der Waals surface area contributed by atoms with Gasteiger partial charge in [-0.3, -0.25) is 14.9 Å². The Kier molecular flexibility index (Phi) is 3.44. The number of nitrogens with zero attached hydrogens (tertiary/aromatic N) is 3. The van der Waals surface area contributed by atoms with Gasteiger partial charge >= 0.3 is 0 Å². The summed E-state index contributed by atoms with van der Waals surface area (Å²) < 4.78 is 6.95. The fourth-order valence-electron chi connectivity index (χ4n) is 1.98. The first-order chi connectivity index (χ1) is 8.09. The second-order valence-electron chi connectivity index (χ2n) is 4.21. The lowest BCUT2D eigenvalue weighted by molar-refractivity contribution is 0.0126. The van der Waals surface area contributed by atoms with Crippen LogP contribution in [0.3, 0.4) is 0 Å². The molecule has 0 atom stereocenters. The lowest BCUT2D eigenvalue weighted by Crippen LogP contribution is -2.48. The maximum absolute atomic E-state index is 12.1. The first-order valence-electron chi connectivity index (χ1n) is 5.73. The summed E-state index contributed by atoms with van der Waals surface area (Å²) in [5.41, 5.74) is 5.20. The predicted molar refractivity (Wildman–Crippen MR) is 62.5 cm³/mol. The van der Waals surface area contributed by atoms with E-state index in [1.54, 1.807) is 4.68 Å². The number of rotatable bonds is 2. The van der Waals surface area contributed by atoms with Gasteiger partial charge < -0.3 is 4.74 Å². The Morgan fingerprint density at radius 3 is 2.53 bits per heavy atom. The number of hydrogen-bond acceptors (Lipinski definition) is 4. The summed E-state index contributed by atoms with van der Waals surface area (Å²) in [5.74, 6) is -0.0880. The van der Waals surface area contributed by atoms with Crippen molar-refractivity contribution < 1.29 is 9.53 Å². The standard InChI is InChI=1S/C11H18N4O2/c1-8-10(9(2)14(3)12-8)11(16)13-15-4-6-17-7-5-15/h4-7H2,1-3H3,(H,13,16). The van der Waals surface area contributed by atoms with Gasteiger partial charge in [-0.15, -0.1) is 0 Å². The highest BCUT2D eigenvalue weighted by atomic mass is 16.5. The molecule has 1 saturated heterocycles. The third-order valence-corrected chi connectivity index (χ3v) is 3.01. The summed E-state index contributed by atoms with van der Waals surface area (Å²) in [7, 11) is 1.84. The third-order valence-electron chi connectivity index (χ3n) is 3.01. The molecule has 0 radical (unpaired) electrons. The van der Waals surface area contributed by atoms with Crippen LogP contribution in [0.5, 0.6) is 0 Å². The Hall–Kier alpha value is -1.40. The number of aryl methyl sites for hydroxylation is 2. The van der Waals surface area contributed by atoms with Crippen LogP contribution in [0.1, 0.15) is 21.7 Å². The van der Waals surface area contributed by atoms with E-state index < -0.39 is 0 Å². The van der Waals surface area contributed by atoms with Crippen LogP contribution in [-0.2, 0) is 11.8 Å². The van der Waals surface area contributed by atoms with Crippen molar-refractivity contribution in [3.8, 4) is 0 Å². The number of hydrogen-bond donors (Lipinski definition) is 1. The van der Waals surface area contributed by atoms with Gasteiger partial charge in [0.05, 0.1) is 24.5 Å². The molecule has 6 heteroatoms. The molecule has 94 valence electrons. The summed E-state index contributed by atoms with van der Waals surface area (Å²) in [4.78, 5) is 12.1. The first-order valence-corrected chi connectivity index (χ1v) is 5.73. The minimum atomic E-state index is -0.0880. The second kappa shape index (κ2) is 4.85. The topological polar surface area (TPSA) is 59.4 Å². The van der Waals surface area contributed by atoms with Crippen LogP contribution in [0.4, 0.5) is 0 Å². The summed E-state index contributed by atoms with van der Waals surface area (Å²) >= 11 is 0. The third kappa shape index (κ3) is 2.48. The van der Waals surface area contributed by atoms with E-state index >= 15 is 0 Å². The van der Waals surface area contributed by atoms with Gasteiger partial charge in [-0.1, -0.05) is 0 Å². The Morgan fingerprint density at radius 1 is 1.35 bits per heavy atom. The molecule has 0 unspecified atom stereocenters. The molecule has 2 rings (SSSR count). The van der Waals surface area contributed by atoms with Gasteiger partial charge in [-0.2, -0.15) is 5.10 Å². The van der Waals surface area contributed by atoms with Crippen molar-refractivity contribution in [2.45, 2.75) is 13.8 Å². The maximum Gasteiger partial charge on any atom is 0.269 e. The van der Waals surface area contributed by atoms with E-state index in [4.69, 9.17) is 4.74 Å². The molecule has 1 aromatic heterocycles. The van der Waals surface area contributed by atoms with Crippen LogP contribution in [-0.4, -0.2) is 47.0 Å². The normalized spacial score (nSPS) is 17.1. The molecule has 1 amide bonds. The second-order valence-corrected chi connectivity index (χ2v) is 4.21. The zero-order chi connectivity index (χ0) is 12.4. The number of hydrazine groups is 1. The minimum Gasteiger partial charge on any atom is -0.379 e. The van der Waals surface area contributed by atoms with E-state index in [-0.39, 0.29) is 5.91 Å². The highest BCUT2D eigenvalue weighted by Gasteiger charge is 2.20. The molecule has 0 aliphatic carbocycles. The van der Waals surface area contributed by atoms with Crippen LogP contribution in [0.25, 0.3) is 0 Å². The number of amides is 1. The fourth-order valence-corrected chi connectivity index (χ4v) is 1.98. The van der Waals surface area contributed by atoms with Gasteiger partial charge in [-0.05, 0) is 13.8 Å². The molecule has 6 nitrogen and oxygen atoms in total. The molecule has 0 bridgehead atoms. The quantitative estimate of drug-likeness (QED) is 0.788. The zero-order valence-corrected chi connectivity index (χ0v) is 10.5. The van der Waals surface area contributed by atoms with Gasteiger partial charge in [0.25, 0.3) is 5.91 Å². The number of aromatic nitrogens is 2. The average molecular weight is 238 g/mol. The molecule has 1 fully saturated rings. The lowest BCUT2D eigenvalue weighted by atomic mass is 10.2. The average Bonchev–Trinajstić information content (AvgIpc) is 2.54. The summed E-state index contributed by atoms with van der Waals surface area (Å²) in [5, 5.41) is 6.12. The van der Waals surface area contributed by atoms with Crippen LogP contribution < -0.4 is 5.43 Å². The lowest BCUT2D eigenvalue weighted by Gasteiger charge is -2.26. The van der Waals surface area contributed by atoms with Crippen molar-refractivity contribution >= 4 is 5.91 Å². The molecule has 2 heterocycles. The molecule has 0 aromatic carbocycles.